The van der Waals surface area contributed by atoms with Crippen LogP contribution in [0.15, 0.2) is 0 Å². The average Bonchev–Trinajstić information content (AvgIpc) is 2.46. The minimum Gasteiger partial charge on any atom is -0.375 e. The summed E-state index contributed by atoms with van der Waals surface area (Å²) >= 11 is 0. The van der Waals surface area contributed by atoms with E-state index in [0.717, 1.165) is 38.6 Å². The van der Waals surface area contributed by atoms with E-state index in [1.165, 1.54) is 25.5 Å². The molecule has 0 spiro atoms. The number of nitrogens with one attached hydrogen (secondary N) is 1. The highest BCUT2D eigenvalue weighted by Crippen LogP contribution is 2.30. The topological polar surface area (TPSA) is 55.4 Å². The quantitative estimate of drug-likeness (QED) is 0.818. The summed E-state index contributed by atoms with van der Waals surface area (Å²) in [5.74, 6) is 0. The Bertz CT molecular complexity index is 402. The molecule has 2 fully saturated rings. The molecule has 2 saturated carbocycles. The minimum absolute atomic E-state index is 0.156. The third kappa shape index (κ3) is 5.53. The predicted molar refractivity (Wildman–Crippen MR) is 86.3 cm³/mol. The molecule has 0 heterocycles. The Balaban J connectivity index is 1.73. The molecular formula is C16H31NO3S. The van der Waals surface area contributed by atoms with Gasteiger partial charge in [0.15, 0.2) is 0 Å². The Kier molecular flexibility index (Phi) is 6.51. The normalized spacial score (nSPS) is 34.8. The van der Waals surface area contributed by atoms with Gasteiger partial charge in [-0.1, -0.05) is 6.92 Å². The van der Waals surface area contributed by atoms with Crippen LogP contribution >= 0.6 is 0 Å². The van der Waals surface area contributed by atoms with E-state index in [1.54, 1.807) is 0 Å². The molecule has 0 saturated heterocycles. The third-order valence-electron chi connectivity index (χ3n) is 4.93. The lowest BCUT2D eigenvalue weighted by molar-refractivity contribution is -0.0475. The standard InChI is InChI=1S/C16H31NO3S/c1-3-11-17-13-7-9-14(10-8-13)20-15-5-4-6-16(12-15)21(2,18)19/h13-17H,3-12H2,1-2H3. The molecule has 0 aromatic rings. The molecule has 0 bridgehead atoms. The molecule has 4 nitrogen and oxygen atoms in total. The highest BCUT2D eigenvalue weighted by Gasteiger charge is 2.31. The van der Waals surface area contributed by atoms with Crippen LogP contribution in [0.5, 0.6) is 0 Å². The molecule has 21 heavy (non-hydrogen) atoms. The lowest BCUT2D eigenvalue weighted by atomic mass is 9.91. The number of rotatable bonds is 6. The van der Waals surface area contributed by atoms with E-state index in [4.69, 9.17) is 4.74 Å². The average molecular weight is 317 g/mol. The number of sulfone groups is 1. The van der Waals surface area contributed by atoms with Gasteiger partial charge in [-0.05, 0) is 64.3 Å². The van der Waals surface area contributed by atoms with Crippen LogP contribution in [0, 0.1) is 0 Å². The Morgan fingerprint density at radius 1 is 1.05 bits per heavy atom. The highest BCUT2D eigenvalue weighted by molar-refractivity contribution is 7.91. The Morgan fingerprint density at radius 2 is 1.76 bits per heavy atom. The largest absolute Gasteiger partial charge is 0.375 e. The van der Waals surface area contributed by atoms with Crippen LogP contribution in [0.4, 0.5) is 0 Å². The third-order valence-corrected chi connectivity index (χ3v) is 6.56. The van der Waals surface area contributed by atoms with E-state index in [1.807, 2.05) is 0 Å². The van der Waals surface area contributed by atoms with Gasteiger partial charge in [-0.15, -0.1) is 0 Å². The fourth-order valence-corrected chi connectivity index (χ4v) is 4.80. The van der Waals surface area contributed by atoms with Crippen LogP contribution in [0.1, 0.15) is 64.7 Å². The second-order valence-corrected chi connectivity index (χ2v) is 9.13. The van der Waals surface area contributed by atoms with E-state index in [2.05, 4.69) is 12.2 Å². The smallest absolute Gasteiger partial charge is 0.150 e. The van der Waals surface area contributed by atoms with Gasteiger partial charge in [0.2, 0.25) is 0 Å². The SMILES string of the molecule is CCCNC1CCC(OC2CCCC(S(C)(=O)=O)C2)CC1. The van der Waals surface area contributed by atoms with Crippen molar-refractivity contribution in [2.45, 2.75) is 88.2 Å². The van der Waals surface area contributed by atoms with Gasteiger partial charge in [0.05, 0.1) is 17.5 Å². The summed E-state index contributed by atoms with van der Waals surface area (Å²) in [6.07, 6.45) is 11.2. The van der Waals surface area contributed by atoms with Crippen LogP contribution in [0.3, 0.4) is 0 Å². The first kappa shape index (κ1) is 17.2. The molecule has 2 aliphatic rings. The molecule has 0 amide bonds. The van der Waals surface area contributed by atoms with Crippen LogP contribution < -0.4 is 5.32 Å². The number of hydrogen-bond donors (Lipinski definition) is 1. The maximum absolute atomic E-state index is 11.7. The summed E-state index contributed by atoms with van der Waals surface area (Å²) in [4.78, 5) is 0. The maximum atomic E-state index is 11.7. The van der Waals surface area contributed by atoms with Gasteiger partial charge in [0.25, 0.3) is 0 Å². The zero-order chi connectivity index (χ0) is 15.3. The molecule has 124 valence electrons. The summed E-state index contributed by atoms with van der Waals surface area (Å²) in [5, 5.41) is 3.41. The molecule has 0 aromatic heterocycles. The summed E-state index contributed by atoms with van der Waals surface area (Å²) < 4.78 is 29.6. The first-order valence-corrected chi connectivity index (χ1v) is 10.5. The summed E-state index contributed by atoms with van der Waals surface area (Å²) in [5.41, 5.74) is 0. The number of hydrogen-bond acceptors (Lipinski definition) is 4. The van der Waals surface area contributed by atoms with Crippen molar-refractivity contribution < 1.29 is 13.2 Å². The van der Waals surface area contributed by atoms with Gasteiger partial charge in [0, 0.05) is 12.3 Å². The van der Waals surface area contributed by atoms with E-state index >= 15 is 0 Å². The van der Waals surface area contributed by atoms with Crippen LogP contribution in [-0.2, 0) is 14.6 Å². The van der Waals surface area contributed by atoms with Crippen molar-refractivity contribution in [3.05, 3.63) is 0 Å². The van der Waals surface area contributed by atoms with Crippen molar-refractivity contribution in [3.63, 3.8) is 0 Å². The van der Waals surface area contributed by atoms with Crippen LogP contribution in [-0.4, -0.2) is 44.7 Å². The Morgan fingerprint density at radius 3 is 2.38 bits per heavy atom. The zero-order valence-corrected chi connectivity index (χ0v) is 14.3. The molecule has 0 aliphatic heterocycles. The van der Waals surface area contributed by atoms with Gasteiger partial charge in [-0.3, -0.25) is 0 Å². The van der Waals surface area contributed by atoms with Gasteiger partial charge >= 0.3 is 0 Å². The van der Waals surface area contributed by atoms with Gasteiger partial charge in [-0.2, -0.15) is 0 Å². The van der Waals surface area contributed by atoms with E-state index in [0.29, 0.717) is 18.6 Å². The molecule has 0 aromatic carbocycles. The van der Waals surface area contributed by atoms with Crippen LogP contribution in [0.2, 0.25) is 0 Å². The summed E-state index contributed by atoms with van der Waals surface area (Å²) in [6, 6.07) is 0.653. The molecule has 2 atom stereocenters. The van der Waals surface area contributed by atoms with E-state index in [9.17, 15) is 8.42 Å². The molecule has 0 radical (unpaired) electrons. The Hall–Kier alpha value is -0.130. The molecule has 5 heteroatoms. The van der Waals surface area contributed by atoms with E-state index < -0.39 is 9.84 Å². The minimum atomic E-state index is -2.91. The second kappa shape index (κ2) is 7.93. The second-order valence-electron chi connectivity index (χ2n) is 6.80. The lowest BCUT2D eigenvalue weighted by Gasteiger charge is -2.35. The fraction of sp³-hybridized carbons (Fsp3) is 1.00. The molecular weight excluding hydrogens is 286 g/mol. The number of ether oxygens (including phenoxy) is 1. The zero-order valence-electron chi connectivity index (χ0n) is 13.5. The van der Waals surface area contributed by atoms with Crippen molar-refractivity contribution in [3.8, 4) is 0 Å². The maximum Gasteiger partial charge on any atom is 0.150 e. The monoisotopic (exact) mass is 317 g/mol. The molecule has 2 unspecified atom stereocenters. The van der Waals surface area contributed by atoms with Crippen molar-refractivity contribution in [2.75, 3.05) is 12.8 Å². The van der Waals surface area contributed by atoms with Crippen molar-refractivity contribution >= 4 is 9.84 Å². The molecule has 1 N–H and O–H groups in total. The predicted octanol–water partition coefficient (Wildman–Crippen LogP) is 2.67. The Labute approximate surface area is 129 Å². The van der Waals surface area contributed by atoms with Crippen molar-refractivity contribution in [2.24, 2.45) is 0 Å². The van der Waals surface area contributed by atoms with Crippen LogP contribution in [0.25, 0.3) is 0 Å². The van der Waals surface area contributed by atoms with Gasteiger partial charge in [0.1, 0.15) is 9.84 Å². The van der Waals surface area contributed by atoms with Crippen molar-refractivity contribution in [1.82, 2.24) is 5.32 Å². The lowest BCUT2D eigenvalue weighted by Crippen LogP contribution is -2.38. The highest BCUT2D eigenvalue weighted by atomic mass is 32.2. The van der Waals surface area contributed by atoms with Gasteiger partial charge in [-0.25, -0.2) is 8.42 Å². The molecule has 2 aliphatic carbocycles. The van der Waals surface area contributed by atoms with Gasteiger partial charge < -0.3 is 10.1 Å². The van der Waals surface area contributed by atoms with Crippen molar-refractivity contribution in [1.29, 1.82) is 0 Å². The van der Waals surface area contributed by atoms with E-state index in [-0.39, 0.29) is 11.4 Å². The first-order valence-electron chi connectivity index (χ1n) is 8.56. The molecule has 2 rings (SSSR count). The summed E-state index contributed by atoms with van der Waals surface area (Å²) in [6.45, 7) is 3.30. The summed E-state index contributed by atoms with van der Waals surface area (Å²) in [7, 11) is -2.91. The first-order chi connectivity index (χ1) is 9.99. The fourth-order valence-electron chi connectivity index (χ4n) is 3.64.